The second-order valence-electron chi connectivity index (χ2n) is 9.74. The molecule has 4 rings (SSSR count). The van der Waals surface area contributed by atoms with Crippen molar-refractivity contribution >= 4 is 43.9 Å². The summed E-state index contributed by atoms with van der Waals surface area (Å²) in [5, 5.41) is 0.984. The summed E-state index contributed by atoms with van der Waals surface area (Å²) in [6, 6.07) is 9.48. The molecule has 0 fully saturated rings. The first kappa shape index (κ1) is 24.5. The van der Waals surface area contributed by atoms with E-state index in [9.17, 15) is 17.6 Å². The SMILES string of the molecule is C=C(c1ccc(Cl)cc1)c1c2n(c3cc(F)cc(S(C)(=O)=O)c13)CCC2CC(=O)OC(C)(C)C. The molecule has 0 spiro atoms. The first-order chi connectivity index (χ1) is 15.8. The number of halogens is 2. The molecule has 1 atom stereocenters. The monoisotopic (exact) mass is 503 g/mol. The van der Waals surface area contributed by atoms with Crippen molar-refractivity contribution in [1.82, 2.24) is 4.57 Å². The van der Waals surface area contributed by atoms with Crippen LogP contribution in [0, 0.1) is 5.82 Å². The van der Waals surface area contributed by atoms with Crippen LogP contribution in [0.2, 0.25) is 5.02 Å². The van der Waals surface area contributed by atoms with Gasteiger partial charge in [-0.2, -0.15) is 0 Å². The van der Waals surface area contributed by atoms with E-state index in [-0.39, 0.29) is 23.2 Å². The number of fused-ring (bicyclic) bond motifs is 3. The summed E-state index contributed by atoms with van der Waals surface area (Å²) in [4.78, 5) is 12.6. The molecule has 0 N–H and O–H groups in total. The maximum Gasteiger partial charge on any atom is 0.306 e. The van der Waals surface area contributed by atoms with Gasteiger partial charge in [-0.05, 0) is 62.6 Å². The Hall–Kier alpha value is -2.64. The van der Waals surface area contributed by atoms with Gasteiger partial charge in [0.05, 0.1) is 16.8 Å². The lowest BCUT2D eigenvalue weighted by Crippen LogP contribution is -2.24. The van der Waals surface area contributed by atoms with Gasteiger partial charge in [0.25, 0.3) is 0 Å². The van der Waals surface area contributed by atoms with Gasteiger partial charge >= 0.3 is 5.97 Å². The number of esters is 1. The molecule has 1 aliphatic heterocycles. The van der Waals surface area contributed by atoms with Crippen LogP contribution < -0.4 is 0 Å². The van der Waals surface area contributed by atoms with E-state index in [0.717, 1.165) is 23.6 Å². The zero-order valence-electron chi connectivity index (χ0n) is 19.6. The number of hydrogen-bond donors (Lipinski definition) is 0. The fourth-order valence-corrected chi connectivity index (χ4v) is 5.72. The fourth-order valence-electron chi connectivity index (χ4n) is 4.69. The summed E-state index contributed by atoms with van der Waals surface area (Å²) in [7, 11) is -3.76. The summed E-state index contributed by atoms with van der Waals surface area (Å²) in [5.41, 5.74) is 2.59. The summed E-state index contributed by atoms with van der Waals surface area (Å²) >= 11 is 6.06. The standard InChI is InChI=1S/C26H27ClFNO4S/c1-15(16-6-8-18(27)9-7-16)23-24-20(13-19(28)14-21(24)34(5,31)32)29-11-10-17(25(23)29)12-22(30)33-26(2,3)4/h6-9,13-14,17H,1,10-12H2,2-5H3. The van der Waals surface area contributed by atoms with Gasteiger partial charge < -0.3 is 9.30 Å². The van der Waals surface area contributed by atoms with Crippen LogP contribution in [-0.2, 0) is 25.9 Å². The van der Waals surface area contributed by atoms with E-state index in [2.05, 4.69) is 6.58 Å². The summed E-state index contributed by atoms with van der Waals surface area (Å²) in [6.45, 7) is 10.2. The summed E-state index contributed by atoms with van der Waals surface area (Å²) in [5.74, 6) is -1.20. The van der Waals surface area contributed by atoms with Crippen molar-refractivity contribution in [3.05, 3.63) is 70.6 Å². The Labute approximate surface area is 204 Å². The predicted molar refractivity (Wildman–Crippen MR) is 132 cm³/mol. The summed E-state index contributed by atoms with van der Waals surface area (Å²) < 4.78 is 47.4. The molecule has 0 saturated heterocycles. The molecule has 180 valence electrons. The molecule has 0 aliphatic carbocycles. The van der Waals surface area contributed by atoms with E-state index in [1.165, 1.54) is 6.07 Å². The van der Waals surface area contributed by atoms with Gasteiger partial charge in [0.2, 0.25) is 0 Å². The minimum atomic E-state index is -3.76. The van der Waals surface area contributed by atoms with Crippen molar-refractivity contribution in [2.24, 2.45) is 0 Å². The third-order valence-corrected chi connectivity index (χ3v) is 7.32. The molecule has 0 amide bonds. The molecule has 0 radical (unpaired) electrons. The molecule has 34 heavy (non-hydrogen) atoms. The van der Waals surface area contributed by atoms with Crippen LogP contribution in [0.4, 0.5) is 4.39 Å². The van der Waals surface area contributed by atoms with Crippen molar-refractivity contribution < 1.29 is 22.3 Å². The van der Waals surface area contributed by atoms with Crippen molar-refractivity contribution in [1.29, 1.82) is 0 Å². The molecule has 1 unspecified atom stereocenters. The number of rotatable bonds is 5. The lowest BCUT2D eigenvalue weighted by atomic mass is 9.90. The Morgan fingerprint density at radius 3 is 2.47 bits per heavy atom. The molecule has 3 aromatic rings. The highest BCUT2D eigenvalue weighted by atomic mass is 35.5. The minimum absolute atomic E-state index is 0.0921. The number of aromatic nitrogens is 1. The van der Waals surface area contributed by atoms with Gasteiger partial charge in [0.15, 0.2) is 9.84 Å². The van der Waals surface area contributed by atoms with Crippen LogP contribution in [0.5, 0.6) is 0 Å². The molecule has 0 bridgehead atoms. The molecule has 8 heteroatoms. The van der Waals surface area contributed by atoms with Crippen molar-refractivity contribution in [3.63, 3.8) is 0 Å². The topological polar surface area (TPSA) is 65.4 Å². The number of ether oxygens (including phenoxy) is 1. The van der Waals surface area contributed by atoms with E-state index in [1.807, 2.05) is 37.5 Å². The molecular weight excluding hydrogens is 477 g/mol. The molecular formula is C26H27ClFNO4S. The quantitative estimate of drug-likeness (QED) is 0.393. The Balaban J connectivity index is 1.97. The van der Waals surface area contributed by atoms with Gasteiger partial charge in [-0.1, -0.05) is 30.3 Å². The van der Waals surface area contributed by atoms with Crippen molar-refractivity contribution in [3.8, 4) is 0 Å². The van der Waals surface area contributed by atoms with Crippen molar-refractivity contribution in [2.45, 2.75) is 56.6 Å². The number of nitrogens with zero attached hydrogens (tertiary/aromatic N) is 1. The Morgan fingerprint density at radius 2 is 1.88 bits per heavy atom. The second kappa shape index (κ2) is 8.54. The van der Waals surface area contributed by atoms with Gasteiger partial charge in [-0.15, -0.1) is 0 Å². The maximum atomic E-state index is 14.6. The predicted octanol–water partition coefficient (Wildman–Crippen LogP) is 6.12. The Morgan fingerprint density at radius 1 is 1.24 bits per heavy atom. The minimum Gasteiger partial charge on any atom is -0.460 e. The largest absolute Gasteiger partial charge is 0.460 e. The van der Waals surface area contributed by atoms with Crippen LogP contribution in [-0.4, -0.2) is 30.8 Å². The van der Waals surface area contributed by atoms with Gasteiger partial charge in [0.1, 0.15) is 11.4 Å². The molecule has 1 aliphatic rings. The third-order valence-electron chi connectivity index (χ3n) is 5.95. The van der Waals surface area contributed by atoms with E-state index >= 15 is 0 Å². The molecule has 1 aromatic heterocycles. The van der Waals surface area contributed by atoms with Gasteiger partial charge in [-0.3, -0.25) is 4.79 Å². The van der Waals surface area contributed by atoms with Gasteiger partial charge in [0, 0.05) is 40.4 Å². The fraction of sp³-hybridized carbons (Fsp3) is 0.346. The molecule has 2 heterocycles. The number of hydrogen-bond acceptors (Lipinski definition) is 4. The van der Waals surface area contributed by atoms with E-state index in [4.69, 9.17) is 16.3 Å². The average Bonchev–Trinajstić information content (AvgIpc) is 3.24. The number of carbonyl (C=O) groups is 1. The van der Waals surface area contributed by atoms with Crippen LogP contribution in [0.1, 0.15) is 56.4 Å². The smallest absolute Gasteiger partial charge is 0.306 e. The van der Waals surface area contributed by atoms with E-state index < -0.39 is 21.3 Å². The number of aryl methyl sites for hydroxylation is 1. The second-order valence-corrected chi connectivity index (χ2v) is 12.2. The average molecular weight is 504 g/mol. The van der Waals surface area contributed by atoms with Crippen LogP contribution in [0.15, 0.2) is 47.9 Å². The lowest BCUT2D eigenvalue weighted by molar-refractivity contribution is -0.155. The molecule has 0 saturated carbocycles. The summed E-state index contributed by atoms with van der Waals surface area (Å²) in [6.07, 6.45) is 1.85. The van der Waals surface area contributed by atoms with Crippen LogP contribution in [0.25, 0.3) is 16.5 Å². The highest BCUT2D eigenvalue weighted by Gasteiger charge is 2.35. The number of benzene rings is 2. The Kier molecular flexibility index (Phi) is 6.15. The number of carbonyl (C=O) groups excluding carboxylic acids is 1. The highest BCUT2D eigenvalue weighted by Crippen LogP contribution is 2.46. The van der Waals surface area contributed by atoms with Crippen molar-refractivity contribution in [2.75, 3.05) is 6.26 Å². The maximum absolute atomic E-state index is 14.6. The van der Waals surface area contributed by atoms with Gasteiger partial charge in [-0.25, -0.2) is 12.8 Å². The zero-order valence-corrected chi connectivity index (χ0v) is 21.2. The van der Waals surface area contributed by atoms with Crippen LogP contribution >= 0.6 is 11.6 Å². The lowest BCUT2D eigenvalue weighted by Gasteiger charge is -2.21. The normalized spacial score (nSPS) is 16.0. The number of sulfone groups is 1. The van der Waals surface area contributed by atoms with E-state index in [0.29, 0.717) is 40.0 Å². The van der Waals surface area contributed by atoms with Crippen LogP contribution in [0.3, 0.4) is 0 Å². The first-order valence-electron chi connectivity index (χ1n) is 11.0. The zero-order chi connectivity index (χ0) is 25.0. The van der Waals surface area contributed by atoms with E-state index in [1.54, 1.807) is 12.1 Å². The highest BCUT2D eigenvalue weighted by molar-refractivity contribution is 7.91. The molecule has 5 nitrogen and oxygen atoms in total. The third kappa shape index (κ3) is 4.64. The molecule has 2 aromatic carbocycles. The Bertz CT molecular complexity index is 1420. The first-order valence-corrected chi connectivity index (χ1v) is 13.3.